The summed E-state index contributed by atoms with van der Waals surface area (Å²) < 4.78 is 5.37. The number of hydrogen-bond donors (Lipinski definition) is 0. The Morgan fingerprint density at radius 2 is 2.23 bits per heavy atom. The highest BCUT2D eigenvalue weighted by atomic mass is 16.3. The fourth-order valence-corrected chi connectivity index (χ4v) is 1.60. The van der Waals surface area contributed by atoms with Crippen LogP contribution in [0.5, 0.6) is 0 Å². The standard InChI is InChI=1S/C11H13NO/c1-3-4-9-6-5-8(2)10-11(9)13-7-12-10/h5-7H,3-4H2,1-2H3. The van der Waals surface area contributed by atoms with Gasteiger partial charge in [0.15, 0.2) is 12.0 Å². The van der Waals surface area contributed by atoms with Crippen molar-refractivity contribution in [2.45, 2.75) is 26.7 Å². The molecule has 0 aliphatic carbocycles. The van der Waals surface area contributed by atoms with E-state index in [1.165, 1.54) is 17.5 Å². The highest BCUT2D eigenvalue weighted by molar-refractivity contribution is 5.79. The third kappa shape index (κ3) is 1.32. The van der Waals surface area contributed by atoms with Gasteiger partial charge < -0.3 is 4.42 Å². The predicted octanol–water partition coefficient (Wildman–Crippen LogP) is 3.09. The molecular weight excluding hydrogens is 162 g/mol. The zero-order chi connectivity index (χ0) is 9.26. The summed E-state index contributed by atoms with van der Waals surface area (Å²) in [5, 5.41) is 0. The molecule has 2 aromatic rings. The molecule has 1 aromatic carbocycles. The van der Waals surface area contributed by atoms with Crippen LogP contribution in [0.2, 0.25) is 0 Å². The number of aromatic nitrogens is 1. The van der Waals surface area contributed by atoms with E-state index in [9.17, 15) is 0 Å². The Hall–Kier alpha value is -1.31. The van der Waals surface area contributed by atoms with E-state index in [2.05, 4.69) is 31.0 Å². The third-order valence-corrected chi connectivity index (χ3v) is 2.29. The van der Waals surface area contributed by atoms with E-state index >= 15 is 0 Å². The minimum absolute atomic E-state index is 0.960. The van der Waals surface area contributed by atoms with Crippen molar-refractivity contribution in [3.8, 4) is 0 Å². The zero-order valence-electron chi connectivity index (χ0n) is 8.00. The summed E-state index contributed by atoms with van der Waals surface area (Å²) in [4.78, 5) is 4.19. The van der Waals surface area contributed by atoms with E-state index in [1.807, 2.05) is 0 Å². The van der Waals surface area contributed by atoms with Gasteiger partial charge in [-0.05, 0) is 24.5 Å². The first-order chi connectivity index (χ1) is 6.33. The lowest BCUT2D eigenvalue weighted by Crippen LogP contribution is -1.85. The molecule has 68 valence electrons. The highest BCUT2D eigenvalue weighted by Crippen LogP contribution is 2.21. The van der Waals surface area contributed by atoms with Gasteiger partial charge in [-0.1, -0.05) is 25.5 Å². The molecule has 0 spiro atoms. The largest absolute Gasteiger partial charge is 0.443 e. The van der Waals surface area contributed by atoms with Crippen LogP contribution in [0.4, 0.5) is 0 Å². The molecule has 2 rings (SSSR count). The van der Waals surface area contributed by atoms with E-state index in [0.29, 0.717) is 0 Å². The second-order valence-corrected chi connectivity index (χ2v) is 3.32. The summed E-state index contributed by atoms with van der Waals surface area (Å²) in [7, 11) is 0. The molecule has 0 saturated carbocycles. The average molecular weight is 175 g/mol. The van der Waals surface area contributed by atoms with Crippen LogP contribution >= 0.6 is 0 Å². The molecule has 0 unspecified atom stereocenters. The summed E-state index contributed by atoms with van der Waals surface area (Å²) in [5.41, 5.74) is 4.41. The van der Waals surface area contributed by atoms with Crippen molar-refractivity contribution >= 4 is 11.1 Å². The van der Waals surface area contributed by atoms with Crippen molar-refractivity contribution in [2.24, 2.45) is 0 Å². The lowest BCUT2D eigenvalue weighted by Gasteiger charge is -2.00. The average Bonchev–Trinajstić information content (AvgIpc) is 2.59. The second-order valence-electron chi connectivity index (χ2n) is 3.32. The van der Waals surface area contributed by atoms with Gasteiger partial charge in [-0.25, -0.2) is 4.98 Å². The van der Waals surface area contributed by atoms with Crippen molar-refractivity contribution in [3.63, 3.8) is 0 Å². The molecule has 0 amide bonds. The molecule has 0 saturated heterocycles. The van der Waals surface area contributed by atoms with Crippen LogP contribution in [0.25, 0.3) is 11.1 Å². The van der Waals surface area contributed by atoms with E-state index in [4.69, 9.17) is 4.42 Å². The van der Waals surface area contributed by atoms with E-state index in [0.717, 1.165) is 23.9 Å². The molecule has 0 N–H and O–H groups in total. The summed E-state index contributed by atoms with van der Waals surface area (Å²) in [6, 6.07) is 4.24. The van der Waals surface area contributed by atoms with Crippen LogP contribution in [0, 0.1) is 6.92 Å². The van der Waals surface area contributed by atoms with Crippen LogP contribution < -0.4 is 0 Å². The number of nitrogens with zero attached hydrogens (tertiary/aromatic N) is 1. The number of hydrogen-bond acceptors (Lipinski definition) is 2. The fraction of sp³-hybridized carbons (Fsp3) is 0.364. The van der Waals surface area contributed by atoms with Crippen LogP contribution in [-0.2, 0) is 6.42 Å². The maximum Gasteiger partial charge on any atom is 0.182 e. The number of aryl methyl sites for hydroxylation is 2. The van der Waals surface area contributed by atoms with Crippen LogP contribution in [0.1, 0.15) is 24.5 Å². The molecule has 0 fully saturated rings. The minimum Gasteiger partial charge on any atom is -0.443 e. The van der Waals surface area contributed by atoms with Gasteiger partial charge in [0, 0.05) is 0 Å². The Morgan fingerprint density at radius 3 is 3.00 bits per heavy atom. The van der Waals surface area contributed by atoms with Gasteiger partial charge in [-0.2, -0.15) is 0 Å². The molecule has 0 aliphatic rings. The van der Waals surface area contributed by atoms with Crippen molar-refractivity contribution in [1.29, 1.82) is 0 Å². The molecule has 0 atom stereocenters. The summed E-state index contributed by atoms with van der Waals surface area (Å²) in [5.74, 6) is 0. The zero-order valence-corrected chi connectivity index (χ0v) is 8.00. The SMILES string of the molecule is CCCc1ccc(C)c2ncoc12. The van der Waals surface area contributed by atoms with Crippen LogP contribution in [0.3, 0.4) is 0 Å². The molecular formula is C11H13NO. The maximum atomic E-state index is 5.37. The number of fused-ring (bicyclic) bond motifs is 1. The first-order valence-corrected chi connectivity index (χ1v) is 4.64. The molecule has 2 heteroatoms. The molecule has 13 heavy (non-hydrogen) atoms. The molecule has 0 bridgehead atoms. The van der Waals surface area contributed by atoms with E-state index in [1.54, 1.807) is 0 Å². The normalized spacial score (nSPS) is 10.9. The Morgan fingerprint density at radius 1 is 1.38 bits per heavy atom. The van der Waals surface area contributed by atoms with Crippen LogP contribution in [-0.4, -0.2) is 4.98 Å². The molecule has 2 nitrogen and oxygen atoms in total. The van der Waals surface area contributed by atoms with E-state index < -0.39 is 0 Å². The lowest BCUT2D eigenvalue weighted by atomic mass is 10.1. The van der Waals surface area contributed by atoms with Gasteiger partial charge >= 0.3 is 0 Å². The van der Waals surface area contributed by atoms with Gasteiger partial charge in [-0.3, -0.25) is 0 Å². The Balaban J connectivity index is 2.64. The van der Waals surface area contributed by atoms with Gasteiger partial charge in [0.05, 0.1) is 0 Å². The summed E-state index contributed by atoms with van der Waals surface area (Å²) >= 11 is 0. The quantitative estimate of drug-likeness (QED) is 0.701. The number of rotatable bonds is 2. The van der Waals surface area contributed by atoms with Crippen molar-refractivity contribution in [2.75, 3.05) is 0 Å². The molecule has 0 radical (unpaired) electrons. The Kier molecular flexibility index (Phi) is 2.05. The highest BCUT2D eigenvalue weighted by Gasteiger charge is 2.06. The van der Waals surface area contributed by atoms with Crippen LogP contribution in [0.15, 0.2) is 22.9 Å². The topological polar surface area (TPSA) is 26.0 Å². The smallest absolute Gasteiger partial charge is 0.182 e. The third-order valence-electron chi connectivity index (χ3n) is 2.29. The van der Waals surface area contributed by atoms with Gasteiger partial charge in [0.1, 0.15) is 5.52 Å². The van der Waals surface area contributed by atoms with Gasteiger partial charge in [0.2, 0.25) is 0 Å². The first kappa shape index (κ1) is 8.30. The first-order valence-electron chi connectivity index (χ1n) is 4.64. The van der Waals surface area contributed by atoms with E-state index in [-0.39, 0.29) is 0 Å². The summed E-state index contributed by atoms with van der Waals surface area (Å²) in [6.07, 6.45) is 3.72. The Labute approximate surface area is 77.6 Å². The lowest BCUT2D eigenvalue weighted by molar-refractivity contribution is 0.597. The van der Waals surface area contributed by atoms with Gasteiger partial charge in [0.25, 0.3) is 0 Å². The molecule has 1 heterocycles. The van der Waals surface area contributed by atoms with Crippen molar-refractivity contribution in [1.82, 2.24) is 4.98 Å². The number of benzene rings is 1. The number of oxazole rings is 1. The molecule has 1 aromatic heterocycles. The van der Waals surface area contributed by atoms with Gasteiger partial charge in [-0.15, -0.1) is 0 Å². The maximum absolute atomic E-state index is 5.37. The molecule has 0 aliphatic heterocycles. The predicted molar refractivity (Wildman–Crippen MR) is 52.7 cm³/mol. The minimum atomic E-state index is 0.960. The Bertz CT molecular complexity index is 417. The van der Waals surface area contributed by atoms with Crippen molar-refractivity contribution in [3.05, 3.63) is 29.7 Å². The summed E-state index contributed by atoms with van der Waals surface area (Å²) in [6.45, 7) is 4.22. The fourth-order valence-electron chi connectivity index (χ4n) is 1.60. The van der Waals surface area contributed by atoms with Crippen molar-refractivity contribution < 1.29 is 4.42 Å². The monoisotopic (exact) mass is 175 g/mol. The second kappa shape index (κ2) is 3.21.